The predicted molar refractivity (Wildman–Crippen MR) is 144 cm³/mol. The van der Waals surface area contributed by atoms with E-state index in [-0.39, 0.29) is 23.7 Å². The molecule has 2 N–H and O–H groups in total. The van der Waals surface area contributed by atoms with Crippen molar-refractivity contribution < 1.29 is 14.3 Å². The van der Waals surface area contributed by atoms with Crippen LogP contribution in [0.25, 0.3) is 0 Å². The van der Waals surface area contributed by atoms with Gasteiger partial charge in [-0.1, -0.05) is 50.2 Å². The largest absolute Gasteiger partial charge is 0.496 e. The lowest BCUT2D eigenvalue weighted by molar-refractivity contribution is -0.121. The van der Waals surface area contributed by atoms with Gasteiger partial charge in [0.05, 0.1) is 43.3 Å². The van der Waals surface area contributed by atoms with E-state index in [0.29, 0.717) is 24.3 Å². The van der Waals surface area contributed by atoms with Crippen LogP contribution in [0, 0.1) is 5.41 Å². The second-order valence-corrected chi connectivity index (χ2v) is 10.3. The summed E-state index contributed by atoms with van der Waals surface area (Å²) >= 11 is 0. The van der Waals surface area contributed by atoms with Crippen LogP contribution in [-0.4, -0.2) is 30.3 Å². The number of ketones is 1. The zero-order chi connectivity index (χ0) is 26.0. The number of nitrogens with zero attached hydrogens (tertiary/aromatic N) is 2. The first kappa shape index (κ1) is 24.6. The predicted octanol–water partition coefficient (Wildman–Crippen LogP) is 5.02. The van der Waals surface area contributed by atoms with Gasteiger partial charge in [0.15, 0.2) is 5.78 Å². The lowest BCUT2D eigenvalue weighted by Gasteiger charge is -2.38. The fourth-order valence-electron chi connectivity index (χ4n) is 5.35. The molecule has 1 aliphatic carbocycles. The fourth-order valence-corrected chi connectivity index (χ4v) is 5.35. The highest BCUT2D eigenvalue weighted by molar-refractivity contribution is 6.02. The number of benzene rings is 2. The first-order valence-corrected chi connectivity index (χ1v) is 12.5. The zero-order valence-corrected chi connectivity index (χ0v) is 21.5. The third kappa shape index (κ3) is 5.07. The van der Waals surface area contributed by atoms with Gasteiger partial charge < -0.3 is 20.3 Å². The molecule has 1 aromatic heterocycles. The minimum absolute atomic E-state index is 0.0572. The van der Waals surface area contributed by atoms with Crippen LogP contribution < -0.4 is 20.3 Å². The molecule has 7 heteroatoms. The van der Waals surface area contributed by atoms with E-state index in [1.54, 1.807) is 13.3 Å². The lowest BCUT2D eigenvalue weighted by atomic mass is 9.73. The highest BCUT2D eigenvalue weighted by Gasteiger charge is 2.42. The second-order valence-electron chi connectivity index (χ2n) is 10.3. The smallest absolute Gasteiger partial charge is 0.239 e. The Balaban J connectivity index is 1.61. The highest BCUT2D eigenvalue weighted by Crippen LogP contribution is 2.49. The number of pyridine rings is 1. The number of allylic oxidation sites excluding steroid dienone is 1. The first-order chi connectivity index (χ1) is 17.9. The van der Waals surface area contributed by atoms with E-state index in [2.05, 4.69) is 29.5 Å². The number of hydrogen-bond donors (Lipinski definition) is 2. The number of Topliss-reactive ketones (excluding diaryl/α,β-unsaturated/α-hetero) is 1. The topological polar surface area (TPSA) is 83.6 Å². The Morgan fingerprint density at radius 2 is 1.84 bits per heavy atom. The first-order valence-electron chi connectivity index (χ1n) is 12.5. The molecule has 2 aromatic carbocycles. The molecule has 3 aromatic rings. The lowest BCUT2D eigenvalue weighted by Crippen LogP contribution is -2.42. The Kier molecular flexibility index (Phi) is 6.70. The summed E-state index contributed by atoms with van der Waals surface area (Å²) in [5.74, 6) is 0.601. The molecule has 5 rings (SSSR count). The summed E-state index contributed by atoms with van der Waals surface area (Å²) in [6.45, 7) is 4.62. The molecule has 0 unspecified atom stereocenters. The van der Waals surface area contributed by atoms with Crippen LogP contribution in [0.2, 0.25) is 0 Å². The standard InChI is InChI=1S/C30H32N4O3/c1-30(2)16-23-28(25(35)17-30)29(21-11-4-7-14-26(21)37-3)34(24-13-6-5-12-22(24)33-23)19-27(36)32-18-20-10-8-9-15-31-20/h4-15,29,33H,16-19H2,1-3H3,(H,32,36)/t29-/m0/s1. The number of nitrogens with one attached hydrogen (secondary N) is 2. The summed E-state index contributed by atoms with van der Waals surface area (Å²) in [6, 6.07) is 20.8. The van der Waals surface area contributed by atoms with Gasteiger partial charge >= 0.3 is 0 Å². The van der Waals surface area contributed by atoms with E-state index >= 15 is 0 Å². The van der Waals surface area contributed by atoms with Gasteiger partial charge in [-0.2, -0.15) is 0 Å². The molecule has 2 heterocycles. The van der Waals surface area contributed by atoms with Gasteiger partial charge in [-0.25, -0.2) is 0 Å². The molecule has 1 atom stereocenters. The summed E-state index contributed by atoms with van der Waals surface area (Å²) in [5, 5.41) is 6.58. The number of carbonyl (C=O) groups excluding carboxylic acids is 2. The second kappa shape index (κ2) is 10.1. The highest BCUT2D eigenvalue weighted by atomic mass is 16.5. The monoisotopic (exact) mass is 496 g/mol. The maximum atomic E-state index is 13.8. The van der Waals surface area contributed by atoms with Gasteiger partial charge in [-0.15, -0.1) is 0 Å². The van der Waals surface area contributed by atoms with E-state index in [1.807, 2.05) is 71.6 Å². The molecule has 1 aliphatic heterocycles. The van der Waals surface area contributed by atoms with Crippen molar-refractivity contribution in [2.45, 2.75) is 39.3 Å². The third-order valence-corrected chi connectivity index (χ3v) is 6.94. The molecule has 0 saturated carbocycles. The number of amides is 1. The number of hydrogen-bond acceptors (Lipinski definition) is 6. The molecule has 2 aliphatic rings. The summed E-state index contributed by atoms with van der Waals surface area (Å²) in [7, 11) is 1.63. The van der Waals surface area contributed by atoms with E-state index in [0.717, 1.165) is 34.8 Å². The van der Waals surface area contributed by atoms with Gasteiger partial charge in [0.25, 0.3) is 0 Å². The Morgan fingerprint density at radius 3 is 2.62 bits per heavy atom. The fraction of sp³-hybridized carbons (Fsp3) is 0.300. The maximum absolute atomic E-state index is 13.8. The Morgan fingerprint density at radius 1 is 1.08 bits per heavy atom. The molecular weight excluding hydrogens is 464 g/mol. The zero-order valence-electron chi connectivity index (χ0n) is 21.5. The number of rotatable bonds is 6. The van der Waals surface area contributed by atoms with Crippen LogP contribution in [0.15, 0.2) is 84.2 Å². The van der Waals surface area contributed by atoms with Gasteiger partial charge in [0, 0.05) is 29.5 Å². The van der Waals surface area contributed by atoms with Gasteiger partial charge in [-0.05, 0) is 42.2 Å². The van der Waals surface area contributed by atoms with Crippen LogP contribution in [-0.2, 0) is 16.1 Å². The number of fused-ring (bicyclic) bond motifs is 1. The molecule has 1 amide bonds. The van der Waals surface area contributed by atoms with Crippen molar-refractivity contribution in [3.05, 3.63) is 95.5 Å². The van der Waals surface area contributed by atoms with Crippen molar-refractivity contribution in [1.82, 2.24) is 10.3 Å². The van der Waals surface area contributed by atoms with Crippen molar-refractivity contribution in [3.63, 3.8) is 0 Å². The van der Waals surface area contributed by atoms with Crippen LogP contribution >= 0.6 is 0 Å². The minimum Gasteiger partial charge on any atom is -0.496 e. The molecular formula is C30H32N4O3. The molecule has 0 fully saturated rings. The summed E-state index contributed by atoms with van der Waals surface area (Å²) in [5.41, 5.74) is 4.78. The Bertz CT molecular complexity index is 1350. The Labute approximate surface area is 217 Å². The number of ether oxygens (including phenoxy) is 1. The molecule has 7 nitrogen and oxygen atoms in total. The van der Waals surface area contributed by atoms with Gasteiger partial charge in [0.1, 0.15) is 5.75 Å². The number of carbonyl (C=O) groups is 2. The van der Waals surface area contributed by atoms with Crippen LogP contribution in [0.4, 0.5) is 11.4 Å². The maximum Gasteiger partial charge on any atom is 0.239 e. The van der Waals surface area contributed by atoms with Crippen LogP contribution in [0.1, 0.15) is 44.0 Å². The number of methoxy groups -OCH3 is 1. The molecule has 37 heavy (non-hydrogen) atoms. The molecule has 0 spiro atoms. The SMILES string of the molecule is COc1ccccc1[C@H]1C2=C(CC(C)(C)CC2=O)Nc2ccccc2N1CC(=O)NCc1ccccn1. The van der Waals surface area contributed by atoms with E-state index in [9.17, 15) is 9.59 Å². The number of anilines is 2. The van der Waals surface area contributed by atoms with E-state index < -0.39 is 6.04 Å². The minimum atomic E-state index is -0.494. The quantitative estimate of drug-likeness (QED) is 0.499. The average molecular weight is 497 g/mol. The summed E-state index contributed by atoms with van der Waals surface area (Å²) in [6.07, 6.45) is 2.88. The Hall–Kier alpha value is -4.13. The van der Waals surface area contributed by atoms with Crippen molar-refractivity contribution in [1.29, 1.82) is 0 Å². The van der Waals surface area contributed by atoms with Crippen molar-refractivity contribution in [2.24, 2.45) is 5.41 Å². The molecule has 0 radical (unpaired) electrons. The van der Waals surface area contributed by atoms with E-state index in [1.165, 1.54) is 0 Å². The molecule has 0 saturated heterocycles. The summed E-state index contributed by atoms with van der Waals surface area (Å²) < 4.78 is 5.75. The number of para-hydroxylation sites is 3. The average Bonchev–Trinajstić information content (AvgIpc) is 3.01. The van der Waals surface area contributed by atoms with Crippen LogP contribution in [0.3, 0.4) is 0 Å². The van der Waals surface area contributed by atoms with Gasteiger partial charge in [-0.3, -0.25) is 14.6 Å². The van der Waals surface area contributed by atoms with Gasteiger partial charge in [0.2, 0.25) is 5.91 Å². The molecule has 190 valence electrons. The third-order valence-electron chi connectivity index (χ3n) is 6.94. The van der Waals surface area contributed by atoms with Crippen molar-refractivity contribution >= 4 is 23.1 Å². The molecule has 0 bridgehead atoms. The summed E-state index contributed by atoms with van der Waals surface area (Å²) in [4.78, 5) is 33.5. The normalized spacial score (nSPS) is 18.3. The van der Waals surface area contributed by atoms with E-state index in [4.69, 9.17) is 4.74 Å². The number of aromatic nitrogens is 1. The van der Waals surface area contributed by atoms with Crippen molar-refractivity contribution in [2.75, 3.05) is 23.9 Å². The van der Waals surface area contributed by atoms with Crippen molar-refractivity contribution in [3.8, 4) is 5.75 Å². The van der Waals surface area contributed by atoms with Crippen LogP contribution in [0.5, 0.6) is 5.75 Å².